The standard InChI is InChI=1S/C19H16N2O/c20-18-4-2-1-3-17(18)13-19(22)16-7-5-14(6-8-16)15-9-11-21-12-10-15/h1-12H,13,20H2. The number of nitrogens with two attached hydrogens (primary N) is 1. The number of nitrogen functional groups attached to an aromatic ring is 1. The van der Waals surface area contributed by atoms with Gasteiger partial charge >= 0.3 is 0 Å². The van der Waals surface area contributed by atoms with Crippen molar-refractivity contribution in [1.82, 2.24) is 4.98 Å². The molecule has 3 nitrogen and oxygen atoms in total. The number of nitrogens with zero attached hydrogens (tertiary/aromatic N) is 1. The molecule has 0 saturated heterocycles. The number of benzene rings is 2. The van der Waals surface area contributed by atoms with E-state index in [2.05, 4.69) is 4.98 Å². The molecule has 0 spiro atoms. The Morgan fingerprint density at radius 1 is 0.864 bits per heavy atom. The number of carbonyl (C=O) groups excluding carboxylic acids is 1. The fourth-order valence-electron chi connectivity index (χ4n) is 2.36. The van der Waals surface area contributed by atoms with Crippen LogP contribution in [-0.4, -0.2) is 10.8 Å². The number of carbonyl (C=O) groups is 1. The first-order valence-electron chi connectivity index (χ1n) is 7.11. The number of Topliss-reactive ketones (excluding diaryl/α,β-unsaturated/α-hetero) is 1. The summed E-state index contributed by atoms with van der Waals surface area (Å²) in [4.78, 5) is 16.4. The van der Waals surface area contributed by atoms with E-state index in [4.69, 9.17) is 5.73 Å². The van der Waals surface area contributed by atoms with E-state index in [1.54, 1.807) is 12.4 Å². The van der Waals surface area contributed by atoms with Gasteiger partial charge in [0.25, 0.3) is 0 Å². The summed E-state index contributed by atoms with van der Waals surface area (Å²) in [6, 6.07) is 19.0. The minimum atomic E-state index is 0.0687. The lowest BCUT2D eigenvalue weighted by Gasteiger charge is -2.06. The number of pyridine rings is 1. The van der Waals surface area contributed by atoms with Crippen molar-refractivity contribution in [2.45, 2.75) is 6.42 Å². The predicted molar refractivity (Wildman–Crippen MR) is 88.6 cm³/mol. The van der Waals surface area contributed by atoms with Crippen molar-refractivity contribution in [2.24, 2.45) is 0 Å². The van der Waals surface area contributed by atoms with Gasteiger partial charge in [-0.25, -0.2) is 0 Å². The molecule has 0 bridgehead atoms. The molecule has 1 aromatic heterocycles. The number of hydrogen-bond donors (Lipinski definition) is 1. The van der Waals surface area contributed by atoms with Crippen molar-refractivity contribution in [3.05, 3.63) is 84.2 Å². The maximum Gasteiger partial charge on any atom is 0.167 e. The van der Waals surface area contributed by atoms with Gasteiger partial charge in [-0.3, -0.25) is 9.78 Å². The van der Waals surface area contributed by atoms with Crippen LogP contribution in [0.5, 0.6) is 0 Å². The molecule has 1 heterocycles. The molecule has 22 heavy (non-hydrogen) atoms. The highest BCUT2D eigenvalue weighted by Gasteiger charge is 2.09. The van der Waals surface area contributed by atoms with Gasteiger partial charge in [-0.1, -0.05) is 42.5 Å². The van der Waals surface area contributed by atoms with Crippen LogP contribution in [0, 0.1) is 0 Å². The Morgan fingerprint density at radius 3 is 2.18 bits per heavy atom. The van der Waals surface area contributed by atoms with Crippen molar-refractivity contribution in [3.8, 4) is 11.1 Å². The number of rotatable bonds is 4. The van der Waals surface area contributed by atoms with E-state index in [9.17, 15) is 4.79 Å². The second kappa shape index (κ2) is 6.22. The topological polar surface area (TPSA) is 56.0 Å². The zero-order chi connectivity index (χ0) is 15.4. The van der Waals surface area contributed by atoms with Crippen LogP contribution in [-0.2, 0) is 6.42 Å². The lowest BCUT2D eigenvalue weighted by molar-refractivity contribution is 0.0993. The summed E-state index contributed by atoms with van der Waals surface area (Å²) < 4.78 is 0. The molecular weight excluding hydrogens is 272 g/mol. The lowest BCUT2D eigenvalue weighted by atomic mass is 9.99. The van der Waals surface area contributed by atoms with Crippen LogP contribution in [0.1, 0.15) is 15.9 Å². The van der Waals surface area contributed by atoms with Crippen LogP contribution in [0.15, 0.2) is 73.1 Å². The van der Waals surface area contributed by atoms with Crippen molar-refractivity contribution < 1.29 is 4.79 Å². The van der Waals surface area contributed by atoms with Crippen LogP contribution < -0.4 is 5.73 Å². The van der Waals surface area contributed by atoms with Gasteiger partial charge in [0.1, 0.15) is 0 Å². The number of ketones is 1. The Labute approximate surface area is 129 Å². The maximum atomic E-state index is 12.3. The van der Waals surface area contributed by atoms with Crippen molar-refractivity contribution in [1.29, 1.82) is 0 Å². The zero-order valence-corrected chi connectivity index (χ0v) is 12.1. The van der Waals surface area contributed by atoms with E-state index >= 15 is 0 Å². The molecule has 0 atom stereocenters. The van der Waals surface area contributed by atoms with Gasteiger partial charge in [0.05, 0.1) is 0 Å². The number of para-hydroxylation sites is 1. The quantitative estimate of drug-likeness (QED) is 0.587. The van der Waals surface area contributed by atoms with E-state index in [-0.39, 0.29) is 5.78 Å². The summed E-state index contributed by atoms with van der Waals surface area (Å²) in [6.45, 7) is 0. The molecule has 3 aromatic rings. The van der Waals surface area contributed by atoms with Gasteiger partial charge in [-0.15, -0.1) is 0 Å². The van der Waals surface area contributed by atoms with Gasteiger partial charge in [-0.2, -0.15) is 0 Å². The minimum Gasteiger partial charge on any atom is -0.398 e. The number of aromatic nitrogens is 1. The summed E-state index contributed by atoms with van der Waals surface area (Å²) in [5.74, 6) is 0.0687. The molecule has 108 valence electrons. The lowest BCUT2D eigenvalue weighted by Crippen LogP contribution is -2.05. The maximum absolute atomic E-state index is 12.3. The van der Waals surface area contributed by atoms with Crippen molar-refractivity contribution in [2.75, 3.05) is 5.73 Å². The number of hydrogen-bond acceptors (Lipinski definition) is 3. The van der Waals surface area contributed by atoms with Gasteiger partial charge in [0, 0.05) is 30.1 Å². The van der Waals surface area contributed by atoms with E-state index in [1.165, 1.54) is 0 Å². The molecule has 2 aromatic carbocycles. The largest absolute Gasteiger partial charge is 0.398 e. The summed E-state index contributed by atoms with van der Waals surface area (Å²) >= 11 is 0. The summed E-state index contributed by atoms with van der Waals surface area (Å²) in [6.07, 6.45) is 3.83. The van der Waals surface area contributed by atoms with Crippen LogP contribution in [0.3, 0.4) is 0 Å². The summed E-state index contributed by atoms with van der Waals surface area (Å²) in [5.41, 5.74) is 10.3. The molecule has 0 aliphatic rings. The van der Waals surface area contributed by atoms with Crippen molar-refractivity contribution in [3.63, 3.8) is 0 Å². The van der Waals surface area contributed by atoms with E-state index in [1.807, 2.05) is 60.7 Å². The first kappa shape index (κ1) is 14.0. The highest BCUT2D eigenvalue weighted by atomic mass is 16.1. The second-order valence-electron chi connectivity index (χ2n) is 5.11. The average molecular weight is 288 g/mol. The molecule has 0 radical (unpaired) electrons. The molecule has 0 unspecified atom stereocenters. The molecule has 0 saturated carbocycles. The Morgan fingerprint density at radius 2 is 1.50 bits per heavy atom. The Bertz CT molecular complexity index is 780. The van der Waals surface area contributed by atoms with E-state index < -0.39 is 0 Å². The Hall–Kier alpha value is -2.94. The smallest absolute Gasteiger partial charge is 0.167 e. The van der Waals surface area contributed by atoms with Gasteiger partial charge in [-0.05, 0) is 34.9 Å². The Balaban J connectivity index is 1.78. The average Bonchev–Trinajstić information content (AvgIpc) is 2.58. The predicted octanol–water partition coefficient (Wildman–Crippen LogP) is 3.76. The molecule has 0 amide bonds. The first-order chi connectivity index (χ1) is 10.7. The summed E-state index contributed by atoms with van der Waals surface area (Å²) in [5, 5.41) is 0. The molecular formula is C19H16N2O. The van der Waals surface area contributed by atoms with E-state index in [0.717, 1.165) is 16.7 Å². The minimum absolute atomic E-state index is 0.0687. The third kappa shape index (κ3) is 3.04. The molecule has 0 aliphatic heterocycles. The van der Waals surface area contributed by atoms with Crippen LogP contribution in [0.2, 0.25) is 0 Å². The third-order valence-corrected chi connectivity index (χ3v) is 3.63. The summed E-state index contributed by atoms with van der Waals surface area (Å²) in [7, 11) is 0. The fourth-order valence-corrected chi connectivity index (χ4v) is 2.36. The van der Waals surface area contributed by atoms with Gasteiger partial charge in [0.2, 0.25) is 0 Å². The Kier molecular flexibility index (Phi) is 3.97. The highest BCUT2D eigenvalue weighted by molar-refractivity contribution is 5.98. The highest BCUT2D eigenvalue weighted by Crippen LogP contribution is 2.20. The van der Waals surface area contributed by atoms with Crippen LogP contribution in [0.25, 0.3) is 11.1 Å². The SMILES string of the molecule is Nc1ccccc1CC(=O)c1ccc(-c2ccncc2)cc1. The van der Waals surface area contributed by atoms with Gasteiger partial charge < -0.3 is 5.73 Å². The van der Waals surface area contributed by atoms with Crippen LogP contribution in [0.4, 0.5) is 5.69 Å². The molecule has 3 heteroatoms. The molecule has 2 N–H and O–H groups in total. The third-order valence-electron chi connectivity index (χ3n) is 3.63. The molecule has 3 rings (SSSR count). The normalized spacial score (nSPS) is 10.4. The first-order valence-corrected chi connectivity index (χ1v) is 7.11. The van der Waals surface area contributed by atoms with Crippen molar-refractivity contribution >= 4 is 11.5 Å². The van der Waals surface area contributed by atoms with Crippen LogP contribution >= 0.6 is 0 Å². The van der Waals surface area contributed by atoms with Gasteiger partial charge in [0.15, 0.2) is 5.78 Å². The molecule has 0 aliphatic carbocycles. The second-order valence-corrected chi connectivity index (χ2v) is 5.11. The molecule has 0 fully saturated rings. The zero-order valence-electron chi connectivity index (χ0n) is 12.1. The fraction of sp³-hybridized carbons (Fsp3) is 0.0526. The number of anilines is 1. The van der Waals surface area contributed by atoms with E-state index in [0.29, 0.717) is 17.7 Å². The monoisotopic (exact) mass is 288 g/mol.